The van der Waals surface area contributed by atoms with Crippen LogP contribution in [0.5, 0.6) is 0 Å². The quantitative estimate of drug-likeness (QED) is 0.657. The molecule has 1 aromatic carbocycles. The largest absolute Gasteiger partial charge is 0.0634 e. The zero-order valence-electron chi connectivity index (χ0n) is 10.3. The van der Waals surface area contributed by atoms with Crippen LogP contribution in [0.2, 0.25) is 0 Å². The van der Waals surface area contributed by atoms with Crippen molar-refractivity contribution in [2.24, 2.45) is 23.7 Å². The minimum atomic E-state index is 0.937. The van der Waals surface area contributed by atoms with Gasteiger partial charge in [-0.1, -0.05) is 42.0 Å². The lowest BCUT2D eigenvalue weighted by Crippen LogP contribution is -2.40. The number of hydrogen-bond acceptors (Lipinski definition) is 0. The van der Waals surface area contributed by atoms with E-state index < -0.39 is 0 Å². The molecule has 4 bridgehead atoms. The molecular weight excluding hydrogens is 204 g/mol. The molecule has 88 valence electrons. The third-order valence-corrected chi connectivity index (χ3v) is 5.21. The molecule has 0 radical (unpaired) electrons. The van der Waals surface area contributed by atoms with Crippen LogP contribution in [0, 0.1) is 23.7 Å². The van der Waals surface area contributed by atoms with E-state index in [2.05, 4.69) is 36.4 Å². The Morgan fingerprint density at radius 1 is 0.765 bits per heavy atom. The second kappa shape index (κ2) is 3.73. The van der Waals surface area contributed by atoms with Gasteiger partial charge in [-0.2, -0.15) is 0 Å². The molecule has 4 saturated carbocycles. The number of allylic oxidation sites excluding steroid dienone is 1. The van der Waals surface area contributed by atoms with Crippen molar-refractivity contribution in [3.63, 3.8) is 0 Å². The van der Waals surface area contributed by atoms with Crippen LogP contribution in [-0.2, 0) is 0 Å². The summed E-state index contributed by atoms with van der Waals surface area (Å²) in [7, 11) is 0. The maximum atomic E-state index is 2.51. The summed E-state index contributed by atoms with van der Waals surface area (Å²) < 4.78 is 0. The smallest absolute Gasteiger partial charge is 0.0192 e. The van der Waals surface area contributed by atoms with Gasteiger partial charge in [-0.3, -0.25) is 0 Å². The molecule has 0 heteroatoms. The van der Waals surface area contributed by atoms with Gasteiger partial charge in [0.2, 0.25) is 0 Å². The van der Waals surface area contributed by atoms with Gasteiger partial charge in [-0.05, 0) is 61.3 Å². The van der Waals surface area contributed by atoms with E-state index in [0.717, 1.165) is 23.7 Å². The molecule has 0 atom stereocenters. The zero-order chi connectivity index (χ0) is 11.2. The highest BCUT2D eigenvalue weighted by Crippen LogP contribution is 2.56. The predicted molar refractivity (Wildman–Crippen MR) is 71.5 cm³/mol. The van der Waals surface area contributed by atoms with Crippen LogP contribution in [-0.4, -0.2) is 0 Å². The van der Waals surface area contributed by atoms with Gasteiger partial charge in [0.15, 0.2) is 0 Å². The normalized spacial score (nSPS) is 38.5. The van der Waals surface area contributed by atoms with Crippen molar-refractivity contribution in [1.82, 2.24) is 0 Å². The minimum absolute atomic E-state index is 0.937. The van der Waals surface area contributed by atoms with Crippen LogP contribution >= 0.6 is 0 Å². The molecule has 0 N–H and O–H groups in total. The van der Waals surface area contributed by atoms with Gasteiger partial charge in [0.25, 0.3) is 0 Å². The van der Waals surface area contributed by atoms with Gasteiger partial charge >= 0.3 is 0 Å². The Morgan fingerprint density at radius 3 is 1.94 bits per heavy atom. The summed E-state index contributed by atoms with van der Waals surface area (Å²) in [5.41, 5.74) is 3.21. The summed E-state index contributed by atoms with van der Waals surface area (Å²) in [6, 6.07) is 10.9. The fourth-order valence-electron chi connectivity index (χ4n) is 4.71. The summed E-state index contributed by atoms with van der Waals surface area (Å²) in [5.74, 6) is 4.02. The van der Waals surface area contributed by atoms with Crippen LogP contribution < -0.4 is 0 Å². The highest BCUT2D eigenvalue weighted by atomic mass is 14.5. The highest BCUT2D eigenvalue weighted by Gasteiger charge is 2.44. The van der Waals surface area contributed by atoms with Crippen molar-refractivity contribution in [3.05, 3.63) is 41.5 Å². The van der Waals surface area contributed by atoms with E-state index >= 15 is 0 Å². The van der Waals surface area contributed by atoms with Gasteiger partial charge in [0.1, 0.15) is 0 Å². The lowest BCUT2D eigenvalue weighted by Gasteiger charge is -2.51. The molecule has 0 heterocycles. The van der Waals surface area contributed by atoms with Crippen molar-refractivity contribution < 1.29 is 0 Å². The van der Waals surface area contributed by atoms with E-state index in [9.17, 15) is 0 Å². The molecule has 4 aliphatic rings. The number of hydrogen-bond donors (Lipinski definition) is 0. The second-order valence-corrected chi connectivity index (χ2v) is 6.36. The third-order valence-electron chi connectivity index (χ3n) is 5.21. The Morgan fingerprint density at radius 2 is 1.35 bits per heavy atom. The SMILES string of the molecule is C(=C1C2CC3CC(C2)CC1C3)c1ccccc1. The monoisotopic (exact) mass is 224 g/mol. The first-order valence-corrected chi connectivity index (χ1v) is 7.15. The van der Waals surface area contributed by atoms with Gasteiger partial charge in [-0.15, -0.1) is 0 Å². The van der Waals surface area contributed by atoms with Crippen LogP contribution in [0.1, 0.15) is 37.7 Å². The molecule has 1 aromatic rings. The Balaban J connectivity index is 1.68. The fraction of sp³-hybridized carbons (Fsp3) is 0.529. The van der Waals surface area contributed by atoms with Gasteiger partial charge in [0, 0.05) is 0 Å². The average Bonchev–Trinajstić information content (AvgIpc) is 2.34. The topological polar surface area (TPSA) is 0 Å². The third kappa shape index (κ3) is 1.66. The van der Waals surface area contributed by atoms with Gasteiger partial charge in [-0.25, -0.2) is 0 Å². The molecule has 4 fully saturated rings. The zero-order valence-corrected chi connectivity index (χ0v) is 10.3. The first-order chi connectivity index (χ1) is 8.38. The van der Waals surface area contributed by atoms with Crippen molar-refractivity contribution in [1.29, 1.82) is 0 Å². The van der Waals surface area contributed by atoms with Crippen molar-refractivity contribution in [2.45, 2.75) is 32.1 Å². The van der Waals surface area contributed by atoms with E-state index in [4.69, 9.17) is 0 Å². The van der Waals surface area contributed by atoms with Crippen molar-refractivity contribution >= 4 is 6.08 Å². The van der Waals surface area contributed by atoms with Crippen molar-refractivity contribution in [2.75, 3.05) is 0 Å². The van der Waals surface area contributed by atoms with Crippen LogP contribution in [0.4, 0.5) is 0 Å². The lowest BCUT2D eigenvalue weighted by molar-refractivity contribution is 0.0710. The number of benzene rings is 1. The van der Waals surface area contributed by atoms with E-state index in [1.807, 2.05) is 0 Å². The van der Waals surface area contributed by atoms with Crippen LogP contribution in [0.15, 0.2) is 35.9 Å². The van der Waals surface area contributed by atoms with Gasteiger partial charge < -0.3 is 0 Å². The molecule has 0 amide bonds. The standard InChI is InChI=1S/C17H20/c1-2-4-12(5-3-1)11-17-15-7-13-6-14(9-15)10-16(17)8-13/h1-5,11,13-16H,6-10H2. The molecular formula is C17H20. The summed E-state index contributed by atoms with van der Waals surface area (Å²) >= 11 is 0. The highest BCUT2D eigenvalue weighted by molar-refractivity contribution is 5.54. The van der Waals surface area contributed by atoms with Crippen LogP contribution in [0.25, 0.3) is 6.08 Å². The molecule has 0 unspecified atom stereocenters. The number of rotatable bonds is 1. The Hall–Kier alpha value is -1.04. The van der Waals surface area contributed by atoms with E-state index in [1.165, 1.54) is 31.2 Å². The second-order valence-electron chi connectivity index (χ2n) is 6.36. The lowest BCUT2D eigenvalue weighted by atomic mass is 9.54. The van der Waals surface area contributed by atoms with Gasteiger partial charge in [0.05, 0.1) is 0 Å². The van der Waals surface area contributed by atoms with E-state index in [-0.39, 0.29) is 0 Å². The summed E-state index contributed by atoms with van der Waals surface area (Å²) in [6.45, 7) is 0. The summed E-state index contributed by atoms with van der Waals surface area (Å²) in [5, 5.41) is 0. The maximum Gasteiger partial charge on any atom is -0.0192 e. The predicted octanol–water partition coefficient (Wildman–Crippen LogP) is 4.53. The maximum absolute atomic E-state index is 2.51. The molecule has 0 aromatic heterocycles. The molecule has 0 aliphatic heterocycles. The summed E-state index contributed by atoms with van der Waals surface area (Å²) in [4.78, 5) is 0. The Kier molecular flexibility index (Phi) is 2.18. The first kappa shape index (κ1) is 9.94. The Labute approximate surface area is 104 Å². The average molecular weight is 224 g/mol. The van der Waals surface area contributed by atoms with Crippen LogP contribution in [0.3, 0.4) is 0 Å². The Bertz CT molecular complexity index is 410. The molecule has 0 saturated heterocycles. The molecule has 0 nitrogen and oxygen atoms in total. The van der Waals surface area contributed by atoms with E-state index in [0.29, 0.717) is 0 Å². The molecule has 4 aliphatic carbocycles. The minimum Gasteiger partial charge on any atom is -0.0634 e. The summed E-state index contributed by atoms with van der Waals surface area (Å²) in [6.07, 6.45) is 10.0. The molecule has 17 heavy (non-hydrogen) atoms. The van der Waals surface area contributed by atoms with Crippen molar-refractivity contribution in [3.8, 4) is 0 Å². The molecule has 0 spiro atoms. The molecule has 5 rings (SSSR count). The van der Waals surface area contributed by atoms with E-state index in [1.54, 1.807) is 12.0 Å². The fourth-order valence-corrected chi connectivity index (χ4v) is 4.71. The first-order valence-electron chi connectivity index (χ1n) is 7.15.